The van der Waals surface area contributed by atoms with Crippen LogP contribution in [0.4, 0.5) is 16.2 Å². The summed E-state index contributed by atoms with van der Waals surface area (Å²) in [7, 11) is 0. The Hall–Kier alpha value is -3.02. The molecule has 0 saturated carbocycles. The molecule has 3 N–H and O–H groups in total. The number of ether oxygens (including phenoxy) is 1. The Morgan fingerprint density at radius 2 is 1.58 bits per heavy atom. The predicted octanol–water partition coefficient (Wildman–Crippen LogP) is 3.80. The van der Waals surface area contributed by atoms with Gasteiger partial charge in [0.2, 0.25) is 0 Å². The summed E-state index contributed by atoms with van der Waals surface area (Å²) < 4.78 is 5.60. The van der Waals surface area contributed by atoms with E-state index in [9.17, 15) is 9.59 Å². The lowest BCUT2D eigenvalue weighted by Crippen LogP contribution is -2.34. The van der Waals surface area contributed by atoms with Gasteiger partial charge in [0.15, 0.2) is 6.61 Å². The van der Waals surface area contributed by atoms with Crippen molar-refractivity contribution in [3.8, 4) is 5.75 Å². The molecule has 2 aromatic carbocycles. The Morgan fingerprint density at radius 1 is 0.962 bits per heavy atom. The van der Waals surface area contributed by atoms with Crippen LogP contribution in [0.5, 0.6) is 5.75 Å². The first kappa shape index (κ1) is 19.3. The van der Waals surface area contributed by atoms with Crippen LogP contribution in [0.1, 0.15) is 26.3 Å². The minimum Gasteiger partial charge on any atom is -0.483 e. The summed E-state index contributed by atoms with van der Waals surface area (Å²) in [4.78, 5) is 23.7. The third kappa shape index (κ3) is 6.12. The zero-order valence-corrected chi connectivity index (χ0v) is 15.3. The van der Waals surface area contributed by atoms with Gasteiger partial charge in [0.05, 0.1) is 0 Å². The van der Waals surface area contributed by atoms with Crippen LogP contribution in [0.2, 0.25) is 0 Å². The number of urea groups is 1. The largest absolute Gasteiger partial charge is 0.483 e. The molecule has 0 aliphatic carbocycles. The number of hydrogen-bond acceptors (Lipinski definition) is 3. The van der Waals surface area contributed by atoms with Crippen molar-refractivity contribution in [1.29, 1.82) is 0 Å². The standard InChI is InChI=1S/C20H25N3O3/c1-4-15-7-5-6-8-18(15)26-13-19(24)22-16-9-11-17(12-10-16)23-20(25)21-14(2)3/h5-12,14H,4,13H2,1-3H3,(H,22,24)(H2,21,23,25). The quantitative estimate of drug-likeness (QED) is 0.707. The summed E-state index contributed by atoms with van der Waals surface area (Å²) in [5.41, 5.74) is 2.35. The first-order chi connectivity index (χ1) is 12.5. The van der Waals surface area contributed by atoms with Gasteiger partial charge in [-0.05, 0) is 56.2 Å². The molecule has 0 radical (unpaired) electrons. The van der Waals surface area contributed by atoms with Crippen molar-refractivity contribution in [2.45, 2.75) is 33.2 Å². The minimum atomic E-state index is -0.264. The summed E-state index contributed by atoms with van der Waals surface area (Å²) in [5, 5.41) is 8.24. The molecular weight excluding hydrogens is 330 g/mol. The van der Waals surface area contributed by atoms with Gasteiger partial charge in [-0.25, -0.2) is 4.79 Å². The molecule has 2 aromatic rings. The molecule has 0 spiro atoms. The highest BCUT2D eigenvalue weighted by atomic mass is 16.5. The van der Waals surface area contributed by atoms with Crippen molar-refractivity contribution < 1.29 is 14.3 Å². The van der Waals surface area contributed by atoms with Gasteiger partial charge in [-0.3, -0.25) is 4.79 Å². The van der Waals surface area contributed by atoms with E-state index in [0.29, 0.717) is 11.4 Å². The fraction of sp³-hybridized carbons (Fsp3) is 0.300. The van der Waals surface area contributed by atoms with Crippen molar-refractivity contribution in [3.05, 3.63) is 54.1 Å². The molecule has 0 heterocycles. The first-order valence-corrected chi connectivity index (χ1v) is 8.66. The smallest absolute Gasteiger partial charge is 0.319 e. The lowest BCUT2D eigenvalue weighted by atomic mass is 10.1. The summed E-state index contributed by atoms with van der Waals surface area (Å²) in [5.74, 6) is 0.482. The van der Waals surface area contributed by atoms with Gasteiger partial charge in [0, 0.05) is 17.4 Å². The van der Waals surface area contributed by atoms with E-state index in [4.69, 9.17) is 4.74 Å². The van der Waals surface area contributed by atoms with Gasteiger partial charge < -0.3 is 20.7 Å². The molecule has 3 amide bonds. The van der Waals surface area contributed by atoms with Crippen molar-refractivity contribution >= 4 is 23.3 Å². The highest BCUT2D eigenvalue weighted by molar-refractivity contribution is 5.93. The van der Waals surface area contributed by atoms with E-state index in [2.05, 4.69) is 16.0 Å². The van der Waals surface area contributed by atoms with E-state index in [0.717, 1.165) is 17.7 Å². The van der Waals surface area contributed by atoms with Crippen molar-refractivity contribution in [3.63, 3.8) is 0 Å². The lowest BCUT2D eigenvalue weighted by molar-refractivity contribution is -0.118. The zero-order chi connectivity index (χ0) is 18.9. The maximum absolute atomic E-state index is 12.1. The Labute approximate surface area is 153 Å². The molecule has 2 rings (SSSR count). The first-order valence-electron chi connectivity index (χ1n) is 8.66. The van der Waals surface area contributed by atoms with E-state index >= 15 is 0 Å². The van der Waals surface area contributed by atoms with Crippen LogP contribution >= 0.6 is 0 Å². The van der Waals surface area contributed by atoms with E-state index in [1.165, 1.54) is 0 Å². The molecule has 0 unspecified atom stereocenters. The molecule has 0 aromatic heterocycles. The van der Waals surface area contributed by atoms with Gasteiger partial charge in [-0.2, -0.15) is 0 Å². The fourth-order valence-electron chi connectivity index (χ4n) is 2.34. The summed E-state index contributed by atoms with van der Waals surface area (Å²) in [6.07, 6.45) is 0.844. The Kier molecular flexibility index (Phi) is 7.02. The van der Waals surface area contributed by atoms with Gasteiger partial charge in [0.1, 0.15) is 5.75 Å². The number of rotatable bonds is 7. The highest BCUT2D eigenvalue weighted by Crippen LogP contribution is 2.18. The molecule has 6 nitrogen and oxygen atoms in total. The molecule has 0 atom stereocenters. The van der Waals surface area contributed by atoms with Crippen LogP contribution in [0.3, 0.4) is 0 Å². The number of para-hydroxylation sites is 1. The van der Waals surface area contributed by atoms with Crippen molar-refractivity contribution in [1.82, 2.24) is 5.32 Å². The molecule has 6 heteroatoms. The second-order valence-electron chi connectivity index (χ2n) is 6.13. The van der Waals surface area contributed by atoms with Gasteiger partial charge in [-0.15, -0.1) is 0 Å². The molecule has 0 bridgehead atoms. The monoisotopic (exact) mass is 355 g/mol. The molecule has 0 saturated heterocycles. The van der Waals surface area contributed by atoms with Crippen LogP contribution in [0.25, 0.3) is 0 Å². The van der Waals surface area contributed by atoms with Gasteiger partial charge >= 0.3 is 6.03 Å². The number of benzene rings is 2. The summed E-state index contributed by atoms with van der Waals surface area (Å²) in [6.45, 7) is 5.76. The normalized spacial score (nSPS) is 10.3. The molecule has 0 aliphatic rings. The summed E-state index contributed by atoms with van der Waals surface area (Å²) >= 11 is 0. The van der Waals surface area contributed by atoms with E-state index < -0.39 is 0 Å². The van der Waals surface area contributed by atoms with Crippen molar-refractivity contribution in [2.75, 3.05) is 17.2 Å². The molecule has 0 fully saturated rings. The Balaban J connectivity index is 1.84. The van der Waals surface area contributed by atoms with Crippen molar-refractivity contribution in [2.24, 2.45) is 0 Å². The third-order valence-electron chi connectivity index (χ3n) is 3.56. The van der Waals surface area contributed by atoms with Crippen LogP contribution < -0.4 is 20.7 Å². The second kappa shape index (κ2) is 9.46. The van der Waals surface area contributed by atoms with Gasteiger partial charge in [0.25, 0.3) is 5.91 Å². The molecular formula is C20H25N3O3. The third-order valence-corrected chi connectivity index (χ3v) is 3.56. The SMILES string of the molecule is CCc1ccccc1OCC(=O)Nc1ccc(NC(=O)NC(C)C)cc1. The fourth-order valence-corrected chi connectivity index (χ4v) is 2.34. The average molecular weight is 355 g/mol. The maximum atomic E-state index is 12.1. The second-order valence-corrected chi connectivity index (χ2v) is 6.13. The van der Waals surface area contributed by atoms with E-state index in [-0.39, 0.29) is 24.6 Å². The Morgan fingerprint density at radius 3 is 2.19 bits per heavy atom. The Bertz CT molecular complexity index is 742. The number of carbonyl (C=O) groups is 2. The van der Waals surface area contributed by atoms with Crippen LogP contribution in [0.15, 0.2) is 48.5 Å². The summed E-state index contributed by atoms with van der Waals surface area (Å²) in [6, 6.07) is 14.4. The van der Waals surface area contributed by atoms with Crippen LogP contribution in [-0.2, 0) is 11.2 Å². The molecule has 0 aliphatic heterocycles. The van der Waals surface area contributed by atoms with E-state index in [1.54, 1.807) is 24.3 Å². The van der Waals surface area contributed by atoms with Gasteiger partial charge in [-0.1, -0.05) is 25.1 Å². The maximum Gasteiger partial charge on any atom is 0.319 e. The number of hydrogen-bond donors (Lipinski definition) is 3. The molecule has 138 valence electrons. The number of amides is 3. The number of carbonyl (C=O) groups excluding carboxylic acids is 2. The topological polar surface area (TPSA) is 79.5 Å². The number of anilines is 2. The number of nitrogens with one attached hydrogen (secondary N) is 3. The molecule has 26 heavy (non-hydrogen) atoms. The van der Waals surface area contributed by atoms with E-state index in [1.807, 2.05) is 45.0 Å². The number of aryl methyl sites for hydroxylation is 1. The average Bonchev–Trinajstić information content (AvgIpc) is 2.61. The zero-order valence-electron chi connectivity index (χ0n) is 15.3. The minimum absolute atomic E-state index is 0.0615. The highest BCUT2D eigenvalue weighted by Gasteiger charge is 2.07. The van der Waals surface area contributed by atoms with Crippen LogP contribution in [0, 0.1) is 0 Å². The lowest BCUT2D eigenvalue weighted by Gasteiger charge is -2.12. The van der Waals surface area contributed by atoms with Crippen LogP contribution in [-0.4, -0.2) is 24.6 Å². The predicted molar refractivity (Wildman–Crippen MR) is 104 cm³/mol.